The quantitative estimate of drug-likeness (QED) is 0.889. The first-order valence-corrected chi connectivity index (χ1v) is 8.07. The maximum absolute atomic E-state index is 13.1. The topological polar surface area (TPSA) is 12.0 Å². The Hall–Kier alpha value is -0.250. The molecule has 0 heterocycles. The second-order valence-electron chi connectivity index (χ2n) is 4.79. The Kier molecular flexibility index (Phi) is 5.34. The average molecular weight is 288 g/mol. The molecule has 1 nitrogen and oxygen atoms in total. The van der Waals surface area contributed by atoms with Crippen molar-refractivity contribution in [2.45, 2.75) is 43.5 Å². The van der Waals surface area contributed by atoms with Gasteiger partial charge in [0, 0.05) is 17.8 Å². The predicted octanol–water partition coefficient (Wildman–Crippen LogP) is 4.24. The molecule has 0 spiro atoms. The molecule has 1 aromatic carbocycles. The number of thioether (sulfide) groups is 1. The van der Waals surface area contributed by atoms with Gasteiger partial charge in [-0.1, -0.05) is 30.5 Å². The van der Waals surface area contributed by atoms with Crippen LogP contribution in [0.2, 0.25) is 5.02 Å². The first-order chi connectivity index (χ1) is 8.70. The number of hydrogen-bond donors (Lipinski definition) is 1. The molecule has 2 rings (SSSR count). The molecule has 1 aromatic rings. The van der Waals surface area contributed by atoms with Crippen LogP contribution in [0.25, 0.3) is 0 Å². The van der Waals surface area contributed by atoms with E-state index in [1.165, 1.54) is 31.7 Å². The normalized spacial score (nSPS) is 24.2. The fourth-order valence-corrected chi connectivity index (χ4v) is 3.68. The Bertz CT molecular complexity index is 399. The Morgan fingerprint density at radius 2 is 2.17 bits per heavy atom. The molecule has 18 heavy (non-hydrogen) atoms. The van der Waals surface area contributed by atoms with Gasteiger partial charge in [0.05, 0.1) is 5.02 Å². The largest absolute Gasteiger partial charge is 0.309 e. The van der Waals surface area contributed by atoms with Crippen LogP contribution < -0.4 is 5.32 Å². The van der Waals surface area contributed by atoms with Gasteiger partial charge in [0.2, 0.25) is 0 Å². The third kappa shape index (κ3) is 3.62. The minimum Gasteiger partial charge on any atom is -0.309 e. The van der Waals surface area contributed by atoms with Crippen LogP contribution in [-0.4, -0.2) is 17.5 Å². The maximum atomic E-state index is 13.1. The predicted molar refractivity (Wildman–Crippen MR) is 77.8 cm³/mol. The highest BCUT2D eigenvalue weighted by atomic mass is 35.5. The molecular weight excluding hydrogens is 269 g/mol. The standard InChI is InChI=1S/C14H19ClFNS/c1-18-14-5-3-2-4-13(14)17-9-10-6-7-12(16)11(15)8-10/h6-8,13-14,17H,2-5,9H2,1H3. The van der Waals surface area contributed by atoms with Crippen molar-refractivity contribution in [3.63, 3.8) is 0 Å². The molecule has 1 saturated carbocycles. The van der Waals surface area contributed by atoms with Crippen LogP contribution in [0.4, 0.5) is 4.39 Å². The third-order valence-corrected chi connectivity index (χ3v) is 5.02. The van der Waals surface area contributed by atoms with Crippen LogP contribution in [0, 0.1) is 5.82 Å². The van der Waals surface area contributed by atoms with Crippen LogP contribution in [0.1, 0.15) is 31.2 Å². The summed E-state index contributed by atoms with van der Waals surface area (Å²) in [7, 11) is 0. The second kappa shape index (κ2) is 6.78. The van der Waals surface area contributed by atoms with E-state index in [9.17, 15) is 4.39 Å². The Morgan fingerprint density at radius 1 is 1.39 bits per heavy atom. The summed E-state index contributed by atoms with van der Waals surface area (Å²) < 4.78 is 13.1. The Morgan fingerprint density at radius 3 is 2.89 bits per heavy atom. The molecule has 0 amide bonds. The van der Waals surface area contributed by atoms with Crippen LogP contribution in [0.15, 0.2) is 18.2 Å². The first-order valence-electron chi connectivity index (χ1n) is 6.41. The summed E-state index contributed by atoms with van der Waals surface area (Å²) >= 11 is 7.73. The lowest BCUT2D eigenvalue weighted by molar-refractivity contribution is 0.383. The molecule has 1 fully saturated rings. The summed E-state index contributed by atoms with van der Waals surface area (Å²) in [5.74, 6) is -0.347. The van der Waals surface area contributed by atoms with E-state index in [1.54, 1.807) is 12.1 Å². The number of rotatable bonds is 4. The highest BCUT2D eigenvalue weighted by Crippen LogP contribution is 2.27. The van der Waals surface area contributed by atoms with Crippen molar-refractivity contribution in [1.82, 2.24) is 5.32 Å². The van der Waals surface area contributed by atoms with E-state index < -0.39 is 0 Å². The summed E-state index contributed by atoms with van der Waals surface area (Å²) in [6.07, 6.45) is 7.35. The van der Waals surface area contributed by atoms with E-state index >= 15 is 0 Å². The summed E-state index contributed by atoms with van der Waals surface area (Å²) in [6, 6.07) is 5.51. The van der Waals surface area contributed by atoms with E-state index in [-0.39, 0.29) is 10.8 Å². The van der Waals surface area contributed by atoms with Crippen molar-refractivity contribution in [1.29, 1.82) is 0 Å². The van der Waals surface area contributed by atoms with Gasteiger partial charge in [0.1, 0.15) is 5.82 Å². The molecule has 0 saturated heterocycles. The van der Waals surface area contributed by atoms with Crippen LogP contribution in [0.3, 0.4) is 0 Å². The monoisotopic (exact) mass is 287 g/mol. The number of halogens is 2. The van der Waals surface area contributed by atoms with E-state index in [2.05, 4.69) is 11.6 Å². The Labute approximate surface area is 117 Å². The van der Waals surface area contributed by atoms with Crippen LogP contribution >= 0.6 is 23.4 Å². The molecular formula is C14H19ClFNS. The average Bonchev–Trinajstić information content (AvgIpc) is 2.40. The maximum Gasteiger partial charge on any atom is 0.141 e. The van der Waals surface area contributed by atoms with E-state index in [1.807, 2.05) is 11.8 Å². The molecule has 1 aliphatic rings. The molecule has 1 N–H and O–H groups in total. The lowest BCUT2D eigenvalue weighted by Gasteiger charge is -2.31. The molecule has 0 aliphatic heterocycles. The van der Waals surface area contributed by atoms with Gasteiger partial charge in [-0.3, -0.25) is 0 Å². The lowest BCUT2D eigenvalue weighted by Crippen LogP contribution is -2.39. The molecule has 0 radical (unpaired) electrons. The van der Waals surface area contributed by atoms with Crippen molar-refractivity contribution >= 4 is 23.4 Å². The first kappa shape index (κ1) is 14.2. The van der Waals surface area contributed by atoms with E-state index in [0.29, 0.717) is 11.3 Å². The van der Waals surface area contributed by atoms with Crippen molar-refractivity contribution in [3.8, 4) is 0 Å². The molecule has 1 aliphatic carbocycles. The van der Waals surface area contributed by atoms with Gasteiger partial charge in [-0.15, -0.1) is 0 Å². The SMILES string of the molecule is CSC1CCCCC1NCc1ccc(F)c(Cl)c1. The van der Waals surface area contributed by atoms with Crippen molar-refractivity contribution in [2.24, 2.45) is 0 Å². The summed E-state index contributed by atoms with van der Waals surface area (Å²) in [5.41, 5.74) is 1.05. The van der Waals surface area contributed by atoms with Crippen molar-refractivity contribution in [3.05, 3.63) is 34.6 Å². The van der Waals surface area contributed by atoms with Gasteiger partial charge >= 0.3 is 0 Å². The fourth-order valence-electron chi connectivity index (χ4n) is 2.51. The van der Waals surface area contributed by atoms with Crippen molar-refractivity contribution < 1.29 is 4.39 Å². The molecule has 2 atom stereocenters. The number of hydrogen-bond acceptors (Lipinski definition) is 2. The molecule has 0 aromatic heterocycles. The van der Waals surface area contributed by atoms with Gasteiger partial charge in [0.25, 0.3) is 0 Å². The second-order valence-corrected chi connectivity index (χ2v) is 6.28. The minimum absolute atomic E-state index is 0.208. The summed E-state index contributed by atoms with van der Waals surface area (Å²) in [4.78, 5) is 0. The van der Waals surface area contributed by atoms with Gasteiger partial charge in [-0.2, -0.15) is 11.8 Å². The minimum atomic E-state index is -0.347. The van der Waals surface area contributed by atoms with Crippen LogP contribution in [-0.2, 0) is 6.54 Å². The zero-order valence-corrected chi connectivity index (χ0v) is 12.2. The van der Waals surface area contributed by atoms with Gasteiger partial charge in [0.15, 0.2) is 0 Å². The van der Waals surface area contributed by atoms with E-state index in [4.69, 9.17) is 11.6 Å². The van der Waals surface area contributed by atoms with Gasteiger partial charge in [-0.05, 0) is 36.8 Å². The zero-order chi connectivity index (χ0) is 13.0. The highest BCUT2D eigenvalue weighted by molar-refractivity contribution is 7.99. The van der Waals surface area contributed by atoms with Crippen LogP contribution in [0.5, 0.6) is 0 Å². The molecule has 4 heteroatoms. The zero-order valence-electron chi connectivity index (χ0n) is 10.6. The van der Waals surface area contributed by atoms with E-state index in [0.717, 1.165) is 12.1 Å². The van der Waals surface area contributed by atoms with Gasteiger partial charge in [-0.25, -0.2) is 4.39 Å². The summed E-state index contributed by atoms with van der Waals surface area (Å²) in [6.45, 7) is 0.766. The fraction of sp³-hybridized carbons (Fsp3) is 0.571. The molecule has 100 valence electrons. The molecule has 2 unspecified atom stereocenters. The van der Waals surface area contributed by atoms with Gasteiger partial charge < -0.3 is 5.32 Å². The number of nitrogens with one attached hydrogen (secondary N) is 1. The van der Waals surface area contributed by atoms with Crippen molar-refractivity contribution in [2.75, 3.05) is 6.26 Å². The third-order valence-electron chi connectivity index (χ3n) is 3.56. The smallest absolute Gasteiger partial charge is 0.141 e. The lowest BCUT2D eigenvalue weighted by atomic mass is 9.94. The molecule has 0 bridgehead atoms. The highest BCUT2D eigenvalue weighted by Gasteiger charge is 2.23. The Balaban J connectivity index is 1.91. The number of benzene rings is 1. The summed E-state index contributed by atoms with van der Waals surface area (Å²) in [5, 5.41) is 4.49.